The monoisotopic (exact) mass is 553 g/mol. The van der Waals surface area contributed by atoms with Crippen LogP contribution in [0.15, 0.2) is 45.4 Å². The normalized spacial score (nSPS) is 12.9. The molecule has 2 heterocycles. The number of rotatable bonds is 4. The smallest absolute Gasteiger partial charge is 0.251 e. The Labute approximate surface area is 211 Å². The van der Waals surface area contributed by atoms with E-state index in [0.29, 0.717) is 16.9 Å². The summed E-state index contributed by atoms with van der Waals surface area (Å²) in [6.07, 6.45) is -0.691. The van der Waals surface area contributed by atoms with Crippen LogP contribution >= 0.6 is 0 Å². The fourth-order valence-corrected chi connectivity index (χ4v) is 4.01. The molecule has 16 heteroatoms. The highest BCUT2D eigenvalue weighted by Crippen LogP contribution is 2.28. The highest BCUT2D eigenvalue weighted by Gasteiger charge is 2.32. The van der Waals surface area contributed by atoms with E-state index in [1.54, 1.807) is 12.4 Å². The molecule has 0 amide bonds. The Morgan fingerprint density at radius 2 is 1.36 bits per heavy atom. The van der Waals surface area contributed by atoms with Gasteiger partial charge in [-0.2, -0.15) is 41.2 Å². The van der Waals surface area contributed by atoms with Crippen molar-refractivity contribution in [2.24, 2.45) is 8.73 Å². The lowest BCUT2D eigenvalue weighted by Gasteiger charge is -2.06. The van der Waals surface area contributed by atoms with Crippen molar-refractivity contribution in [2.45, 2.75) is 38.7 Å². The first-order valence-corrected chi connectivity index (χ1v) is 12.4. The number of hydrogen-bond donors (Lipinski definition) is 0. The molecule has 0 aliphatic heterocycles. The summed E-state index contributed by atoms with van der Waals surface area (Å²) in [5, 5.41) is 16.6. The van der Waals surface area contributed by atoms with E-state index >= 15 is 0 Å². The van der Waals surface area contributed by atoms with Gasteiger partial charge in [0.2, 0.25) is 12.4 Å². The van der Waals surface area contributed by atoms with E-state index in [-0.39, 0.29) is 29.0 Å². The maximum absolute atomic E-state index is 12.2. The van der Waals surface area contributed by atoms with E-state index in [4.69, 9.17) is 10.5 Å². The SMILES string of the molecule is C.C.CS(=O)(Cc1ccc(C(F)(F)F)nc1)=NC#N.CS(Cc1ccc(C(F)(F)F)nc1)=NC#N.[B]. The van der Waals surface area contributed by atoms with Gasteiger partial charge in [0.1, 0.15) is 11.4 Å². The van der Waals surface area contributed by atoms with Crippen LogP contribution in [0.2, 0.25) is 0 Å². The molecular formula is C20H24BF6N6OS2. The van der Waals surface area contributed by atoms with Crippen LogP contribution in [0, 0.1) is 22.9 Å². The third-order valence-corrected chi connectivity index (χ3v) is 5.95. The molecule has 197 valence electrons. The van der Waals surface area contributed by atoms with E-state index < -0.39 is 44.2 Å². The van der Waals surface area contributed by atoms with Crippen LogP contribution in [0.25, 0.3) is 0 Å². The van der Waals surface area contributed by atoms with E-state index in [1.807, 2.05) is 0 Å². The summed E-state index contributed by atoms with van der Waals surface area (Å²) in [5.41, 5.74) is -0.951. The molecule has 0 aromatic carbocycles. The Morgan fingerprint density at radius 3 is 1.69 bits per heavy atom. The van der Waals surface area contributed by atoms with Crippen LogP contribution in [0.4, 0.5) is 26.3 Å². The van der Waals surface area contributed by atoms with E-state index in [9.17, 15) is 30.6 Å². The van der Waals surface area contributed by atoms with Crippen molar-refractivity contribution >= 4 is 28.8 Å². The molecule has 0 saturated carbocycles. The van der Waals surface area contributed by atoms with Crippen LogP contribution in [0.3, 0.4) is 0 Å². The molecule has 3 radical (unpaired) electrons. The molecule has 0 aliphatic carbocycles. The Morgan fingerprint density at radius 1 is 0.917 bits per heavy atom. The zero-order valence-corrected chi connectivity index (χ0v) is 19.3. The van der Waals surface area contributed by atoms with Crippen LogP contribution < -0.4 is 0 Å². The van der Waals surface area contributed by atoms with E-state index in [0.717, 1.165) is 18.3 Å². The Hall–Kier alpha value is -2.98. The second kappa shape index (κ2) is 15.9. The minimum absolute atomic E-state index is 0. The molecule has 0 fully saturated rings. The van der Waals surface area contributed by atoms with Crippen molar-refractivity contribution in [3.05, 3.63) is 59.2 Å². The van der Waals surface area contributed by atoms with Gasteiger partial charge in [-0.05, 0) is 29.5 Å². The number of nitriles is 2. The van der Waals surface area contributed by atoms with Crippen LogP contribution in [0.1, 0.15) is 37.4 Å². The van der Waals surface area contributed by atoms with Crippen molar-refractivity contribution in [1.82, 2.24) is 9.97 Å². The molecule has 0 aliphatic rings. The van der Waals surface area contributed by atoms with Crippen molar-refractivity contribution in [1.29, 1.82) is 10.5 Å². The molecule has 7 nitrogen and oxygen atoms in total. The van der Waals surface area contributed by atoms with Gasteiger partial charge in [0, 0.05) is 32.8 Å². The summed E-state index contributed by atoms with van der Waals surface area (Å²) in [4.78, 5) is 6.54. The number of hydrogen-bond acceptors (Lipinski definition) is 7. The van der Waals surface area contributed by atoms with Gasteiger partial charge >= 0.3 is 12.4 Å². The zero-order chi connectivity index (χ0) is 25.3. The lowest BCUT2D eigenvalue weighted by molar-refractivity contribution is -0.142. The minimum atomic E-state index is -4.50. The molecule has 0 N–H and O–H groups in total. The molecule has 2 aromatic rings. The van der Waals surface area contributed by atoms with Gasteiger partial charge in [0.25, 0.3) is 0 Å². The first kappa shape index (κ1) is 37.6. The second-order valence-corrected chi connectivity index (χ2v) is 10.4. The van der Waals surface area contributed by atoms with E-state index in [2.05, 4.69) is 18.7 Å². The average Bonchev–Trinajstić information content (AvgIpc) is 2.67. The number of pyridine rings is 2. The number of aromatic nitrogens is 2. The zero-order valence-electron chi connectivity index (χ0n) is 17.6. The Bertz CT molecular complexity index is 1180. The third kappa shape index (κ3) is 13.8. The first-order valence-electron chi connectivity index (χ1n) is 8.52. The minimum Gasteiger partial charge on any atom is -0.251 e. The molecule has 2 rings (SSSR count). The molecule has 0 spiro atoms. The summed E-state index contributed by atoms with van der Waals surface area (Å²) >= 11 is 0. The summed E-state index contributed by atoms with van der Waals surface area (Å²) in [5.74, 6) is 0.324. The van der Waals surface area contributed by atoms with Gasteiger partial charge in [-0.3, -0.25) is 9.97 Å². The maximum Gasteiger partial charge on any atom is 0.433 e. The van der Waals surface area contributed by atoms with Crippen LogP contribution in [0.5, 0.6) is 0 Å². The first-order chi connectivity index (χ1) is 15.2. The van der Waals surface area contributed by atoms with Gasteiger partial charge in [0.05, 0.1) is 15.5 Å². The molecule has 0 bridgehead atoms. The summed E-state index contributed by atoms with van der Waals surface area (Å²) < 4.78 is 91.5. The predicted molar refractivity (Wildman–Crippen MR) is 129 cm³/mol. The van der Waals surface area contributed by atoms with Gasteiger partial charge < -0.3 is 0 Å². The Balaban J connectivity index is -0.000000559. The number of halogens is 6. The van der Waals surface area contributed by atoms with Crippen molar-refractivity contribution in [3.63, 3.8) is 0 Å². The highest BCUT2D eigenvalue weighted by molar-refractivity contribution is 7.92. The van der Waals surface area contributed by atoms with Gasteiger partial charge in [-0.15, -0.1) is 4.36 Å². The lowest BCUT2D eigenvalue weighted by Crippen LogP contribution is -2.08. The number of alkyl halides is 6. The molecular weight excluding hydrogens is 529 g/mol. The molecule has 2 aromatic heterocycles. The predicted octanol–water partition coefficient (Wildman–Crippen LogP) is 5.58. The van der Waals surface area contributed by atoms with Crippen molar-refractivity contribution in [2.75, 3.05) is 12.5 Å². The largest absolute Gasteiger partial charge is 0.433 e. The summed E-state index contributed by atoms with van der Waals surface area (Å²) in [6.45, 7) is 0. The standard InChI is InChI=1S/C9H8F3N3OS.C9H8F3N3S.2CH4.B/c1-17(16,15-6-13)5-7-2-3-8(14-4-7)9(10,11)12;1-16(15-6-13)5-7-2-3-8(14-4-7)9(10,11)12;;;/h2-4H,5H2,1H3;2-4H,5H2,1H3;2*1H4;. The average molecular weight is 553 g/mol. The molecule has 0 saturated heterocycles. The van der Waals surface area contributed by atoms with Crippen LogP contribution in [-0.4, -0.2) is 35.1 Å². The van der Waals surface area contributed by atoms with Crippen molar-refractivity contribution < 1.29 is 30.6 Å². The fourth-order valence-electron chi connectivity index (χ4n) is 2.13. The second-order valence-electron chi connectivity index (χ2n) is 6.33. The van der Waals surface area contributed by atoms with Crippen molar-refractivity contribution in [3.8, 4) is 12.4 Å². The van der Waals surface area contributed by atoms with Gasteiger partial charge in [-0.1, -0.05) is 37.7 Å². The quantitative estimate of drug-likeness (QED) is 0.278. The topological polar surface area (TPSA) is 115 Å². The third-order valence-electron chi connectivity index (χ3n) is 3.47. The highest BCUT2D eigenvalue weighted by atomic mass is 32.2. The van der Waals surface area contributed by atoms with Gasteiger partial charge in [0.15, 0.2) is 0 Å². The Kier molecular flexibility index (Phi) is 16.6. The molecule has 2 atom stereocenters. The van der Waals surface area contributed by atoms with Crippen LogP contribution in [-0.2, 0) is 44.3 Å². The maximum atomic E-state index is 12.2. The summed E-state index contributed by atoms with van der Waals surface area (Å²) in [7, 11) is -3.25. The fraction of sp³-hybridized carbons (Fsp3) is 0.400. The van der Waals surface area contributed by atoms with Gasteiger partial charge in [-0.25, -0.2) is 4.21 Å². The van der Waals surface area contributed by atoms with E-state index in [1.165, 1.54) is 30.8 Å². The molecule has 2 unspecified atom stereocenters. The molecule has 36 heavy (non-hydrogen) atoms. The number of nitrogens with zero attached hydrogens (tertiary/aromatic N) is 6. The summed E-state index contributed by atoms with van der Waals surface area (Å²) in [6, 6.07) is 4.26. The lowest BCUT2D eigenvalue weighted by atomic mass is 10.3.